The summed E-state index contributed by atoms with van der Waals surface area (Å²) >= 11 is 0. The van der Waals surface area contributed by atoms with Crippen molar-refractivity contribution >= 4 is 5.97 Å². The maximum atomic E-state index is 10.9. The molecule has 1 aromatic heterocycles. The first-order valence-electron chi connectivity index (χ1n) is 6.15. The molecule has 0 aliphatic carbocycles. The Kier molecular flexibility index (Phi) is 3.98. The average Bonchev–Trinajstić information content (AvgIpc) is 2.77. The smallest absolute Gasteiger partial charge is 0.334 e. The lowest BCUT2D eigenvalue weighted by Gasteiger charge is -2.31. The minimum atomic E-state index is -0.892. The van der Waals surface area contributed by atoms with Gasteiger partial charge in [-0.2, -0.15) is 0 Å². The Labute approximate surface area is 106 Å². The molecule has 100 valence electrons. The van der Waals surface area contributed by atoms with Crippen LogP contribution in [0.4, 0.5) is 0 Å². The standard InChI is InChI=1S/C12H19N3O3/c1-9(2)15-8-13-5-10(15)6-14-3-4-18-11(7-14)12(16)17/h5,8-9,11H,3-4,6-7H2,1-2H3,(H,16,17). The van der Waals surface area contributed by atoms with Crippen molar-refractivity contribution in [2.75, 3.05) is 19.7 Å². The first-order valence-corrected chi connectivity index (χ1v) is 6.15. The minimum Gasteiger partial charge on any atom is -0.479 e. The molecule has 6 heteroatoms. The minimum absolute atomic E-state index is 0.360. The van der Waals surface area contributed by atoms with Crippen molar-refractivity contribution in [3.8, 4) is 0 Å². The SMILES string of the molecule is CC(C)n1cncc1CN1CCOC(C(=O)O)C1. The number of carbonyl (C=O) groups is 1. The highest BCUT2D eigenvalue weighted by molar-refractivity contribution is 5.72. The summed E-state index contributed by atoms with van der Waals surface area (Å²) in [5, 5.41) is 8.96. The zero-order valence-corrected chi connectivity index (χ0v) is 10.7. The molecule has 0 radical (unpaired) electrons. The van der Waals surface area contributed by atoms with Gasteiger partial charge in [0.2, 0.25) is 0 Å². The highest BCUT2D eigenvalue weighted by Gasteiger charge is 2.26. The molecule has 1 unspecified atom stereocenters. The van der Waals surface area contributed by atoms with Crippen LogP contribution in [0.15, 0.2) is 12.5 Å². The lowest BCUT2D eigenvalue weighted by molar-refractivity contribution is -0.156. The van der Waals surface area contributed by atoms with E-state index in [1.807, 2.05) is 12.5 Å². The molecule has 1 fully saturated rings. The zero-order chi connectivity index (χ0) is 13.1. The monoisotopic (exact) mass is 253 g/mol. The Hall–Kier alpha value is -1.40. The second-order valence-corrected chi connectivity index (χ2v) is 4.82. The molecule has 1 N–H and O–H groups in total. The number of hydrogen-bond acceptors (Lipinski definition) is 4. The molecule has 1 saturated heterocycles. The van der Waals surface area contributed by atoms with Crippen molar-refractivity contribution in [1.82, 2.24) is 14.5 Å². The lowest BCUT2D eigenvalue weighted by atomic mass is 10.2. The maximum absolute atomic E-state index is 10.9. The van der Waals surface area contributed by atoms with Gasteiger partial charge in [-0.3, -0.25) is 4.90 Å². The normalized spacial score (nSPS) is 21.4. The summed E-state index contributed by atoms with van der Waals surface area (Å²) in [6.45, 7) is 6.57. The number of morpholine rings is 1. The average molecular weight is 253 g/mol. The molecule has 0 spiro atoms. The molecular formula is C12H19N3O3. The van der Waals surface area contributed by atoms with Gasteiger partial charge in [0.05, 0.1) is 18.6 Å². The van der Waals surface area contributed by atoms with Crippen LogP contribution >= 0.6 is 0 Å². The molecule has 1 aliphatic heterocycles. The number of hydrogen-bond donors (Lipinski definition) is 1. The summed E-state index contributed by atoms with van der Waals surface area (Å²) in [5.41, 5.74) is 1.11. The highest BCUT2D eigenvalue weighted by atomic mass is 16.5. The van der Waals surface area contributed by atoms with Crippen molar-refractivity contribution in [2.24, 2.45) is 0 Å². The molecule has 0 saturated carbocycles. The van der Waals surface area contributed by atoms with Gasteiger partial charge in [0.25, 0.3) is 0 Å². The topological polar surface area (TPSA) is 67.6 Å². The third-order valence-electron chi connectivity index (χ3n) is 3.11. The third-order valence-corrected chi connectivity index (χ3v) is 3.11. The van der Waals surface area contributed by atoms with Crippen LogP contribution in [-0.2, 0) is 16.1 Å². The van der Waals surface area contributed by atoms with Gasteiger partial charge < -0.3 is 14.4 Å². The van der Waals surface area contributed by atoms with E-state index in [0.29, 0.717) is 25.7 Å². The van der Waals surface area contributed by atoms with Crippen LogP contribution < -0.4 is 0 Å². The third kappa shape index (κ3) is 2.88. The second-order valence-electron chi connectivity index (χ2n) is 4.82. The van der Waals surface area contributed by atoms with Crippen LogP contribution in [-0.4, -0.2) is 51.3 Å². The summed E-state index contributed by atoms with van der Waals surface area (Å²) in [7, 11) is 0. The fraction of sp³-hybridized carbons (Fsp3) is 0.667. The Balaban J connectivity index is 2.00. The van der Waals surface area contributed by atoms with Gasteiger partial charge in [0.15, 0.2) is 6.10 Å². The van der Waals surface area contributed by atoms with Gasteiger partial charge in [-0.15, -0.1) is 0 Å². The Morgan fingerprint density at radius 3 is 3.11 bits per heavy atom. The first kappa shape index (κ1) is 13.0. The molecule has 18 heavy (non-hydrogen) atoms. The van der Waals surface area contributed by atoms with Gasteiger partial charge in [0, 0.05) is 31.9 Å². The summed E-state index contributed by atoms with van der Waals surface area (Å²) in [5.74, 6) is -0.892. The predicted octanol–water partition coefficient (Wildman–Crippen LogP) is 0.749. The molecular weight excluding hydrogens is 234 g/mol. The van der Waals surface area contributed by atoms with E-state index in [2.05, 4.69) is 28.3 Å². The highest BCUT2D eigenvalue weighted by Crippen LogP contribution is 2.14. The van der Waals surface area contributed by atoms with Crippen molar-refractivity contribution in [1.29, 1.82) is 0 Å². The quantitative estimate of drug-likeness (QED) is 0.857. The van der Waals surface area contributed by atoms with E-state index in [0.717, 1.165) is 12.2 Å². The largest absolute Gasteiger partial charge is 0.479 e. The van der Waals surface area contributed by atoms with Crippen LogP contribution in [0, 0.1) is 0 Å². The van der Waals surface area contributed by atoms with Crippen molar-refractivity contribution < 1.29 is 14.6 Å². The maximum Gasteiger partial charge on any atom is 0.334 e. The molecule has 1 atom stereocenters. The van der Waals surface area contributed by atoms with Gasteiger partial charge in [-0.05, 0) is 13.8 Å². The van der Waals surface area contributed by atoms with Crippen LogP contribution in [0.5, 0.6) is 0 Å². The molecule has 0 bridgehead atoms. The van der Waals surface area contributed by atoms with E-state index in [9.17, 15) is 4.79 Å². The van der Waals surface area contributed by atoms with Gasteiger partial charge >= 0.3 is 5.97 Å². The number of imidazole rings is 1. The van der Waals surface area contributed by atoms with Crippen LogP contribution in [0.3, 0.4) is 0 Å². The number of carboxylic acids is 1. The lowest BCUT2D eigenvalue weighted by Crippen LogP contribution is -2.45. The number of aliphatic carboxylic acids is 1. The zero-order valence-electron chi connectivity index (χ0n) is 10.7. The van der Waals surface area contributed by atoms with Crippen molar-refractivity contribution in [2.45, 2.75) is 32.5 Å². The summed E-state index contributed by atoms with van der Waals surface area (Å²) in [6, 6.07) is 0.360. The molecule has 6 nitrogen and oxygen atoms in total. The van der Waals surface area contributed by atoms with Gasteiger partial charge in [0.1, 0.15) is 0 Å². The van der Waals surface area contributed by atoms with E-state index in [1.54, 1.807) is 0 Å². The summed E-state index contributed by atoms with van der Waals surface area (Å²) < 4.78 is 7.31. The Morgan fingerprint density at radius 2 is 2.44 bits per heavy atom. The van der Waals surface area contributed by atoms with Crippen LogP contribution in [0.2, 0.25) is 0 Å². The number of rotatable bonds is 4. The van der Waals surface area contributed by atoms with E-state index in [1.165, 1.54) is 0 Å². The van der Waals surface area contributed by atoms with E-state index in [-0.39, 0.29) is 0 Å². The number of ether oxygens (including phenoxy) is 1. The first-order chi connectivity index (χ1) is 8.58. The van der Waals surface area contributed by atoms with Gasteiger partial charge in [-0.1, -0.05) is 0 Å². The van der Waals surface area contributed by atoms with E-state index >= 15 is 0 Å². The molecule has 1 aliphatic rings. The fourth-order valence-electron chi connectivity index (χ4n) is 2.14. The van der Waals surface area contributed by atoms with Crippen molar-refractivity contribution in [3.63, 3.8) is 0 Å². The second kappa shape index (κ2) is 5.49. The van der Waals surface area contributed by atoms with Crippen LogP contribution in [0.25, 0.3) is 0 Å². The molecule has 0 amide bonds. The predicted molar refractivity (Wildman–Crippen MR) is 65.3 cm³/mol. The van der Waals surface area contributed by atoms with Crippen molar-refractivity contribution in [3.05, 3.63) is 18.2 Å². The number of nitrogens with zero attached hydrogens (tertiary/aromatic N) is 3. The molecule has 2 rings (SSSR count). The van der Waals surface area contributed by atoms with E-state index < -0.39 is 12.1 Å². The van der Waals surface area contributed by atoms with Crippen LogP contribution in [0.1, 0.15) is 25.6 Å². The molecule has 1 aromatic rings. The molecule has 2 heterocycles. The summed E-state index contributed by atoms with van der Waals surface area (Å²) in [4.78, 5) is 17.2. The Morgan fingerprint density at radius 1 is 1.67 bits per heavy atom. The number of carboxylic acid groups (broad SMARTS) is 1. The van der Waals surface area contributed by atoms with Gasteiger partial charge in [-0.25, -0.2) is 9.78 Å². The summed E-state index contributed by atoms with van der Waals surface area (Å²) in [6.07, 6.45) is 2.94. The number of aromatic nitrogens is 2. The fourth-order valence-corrected chi connectivity index (χ4v) is 2.14. The Bertz CT molecular complexity index is 416. The molecule has 0 aromatic carbocycles. The van der Waals surface area contributed by atoms with E-state index in [4.69, 9.17) is 9.84 Å².